The van der Waals surface area contributed by atoms with Crippen LogP contribution < -0.4 is 10.6 Å². The van der Waals surface area contributed by atoms with E-state index in [1.807, 2.05) is 27.7 Å². The zero-order valence-corrected chi connectivity index (χ0v) is 10.4. The van der Waals surface area contributed by atoms with Gasteiger partial charge < -0.3 is 10.6 Å². The summed E-state index contributed by atoms with van der Waals surface area (Å²) < 4.78 is 0. The van der Waals surface area contributed by atoms with Crippen molar-refractivity contribution in [2.45, 2.75) is 51.2 Å². The first kappa shape index (κ1) is 12.9. The third-order valence-electron chi connectivity index (χ3n) is 2.80. The molecule has 1 unspecified atom stereocenters. The Hall–Kier alpha value is -1.16. The fourth-order valence-corrected chi connectivity index (χ4v) is 2.34. The Bertz CT molecular complexity index is 332. The summed E-state index contributed by atoms with van der Waals surface area (Å²) in [6.45, 7) is 11.1. The molecule has 16 heavy (non-hydrogen) atoms. The number of piperidine rings is 1. The summed E-state index contributed by atoms with van der Waals surface area (Å²) in [6, 6.07) is -0.434. The largest absolute Gasteiger partial charge is 0.343 e. The standard InChI is InChI=1S/C12H20N2O2/c1-6-9(15)13-8-7-11(2,3)14-12(4,5)10(8)16/h6,8,14H,1,7H2,2-5H3,(H,13,15). The van der Waals surface area contributed by atoms with Crippen LogP contribution in [0.1, 0.15) is 34.1 Å². The number of hydrogen-bond donors (Lipinski definition) is 2. The summed E-state index contributed by atoms with van der Waals surface area (Å²) in [5.41, 5.74) is -0.780. The first-order valence-corrected chi connectivity index (χ1v) is 5.44. The van der Waals surface area contributed by atoms with E-state index in [4.69, 9.17) is 0 Å². The lowest BCUT2D eigenvalue weighted by Crippen LogP contribution is -2.68. The van der Waals surface area contributed by atoms with Crippen molar-refractivity contribution < 1.29 is 9.59 Å². The molecule has 1 heterocycles. The molecule has 0 saturated carbocycles. The minimum atomic E-state index is -0.610. The number of carbonyl (C=O) groups is 2. The van der Waals surface area contributed by atoms with Crippen molar-refractivity contribution in [1.82, 2.24) is 10.6 Å². The third-order valence-corrected chi connectivity index (χ3v) is 2.80. The van der Waals surface area contributed by atoms with Crippen molar-refractivity contribution in [1.29, 1.82) is 0 Å². The van der Waals surface area contributed by atoms with Crippen LogP contribution in [0, 0.1) is 0 Å². The van der Waals surface area contributed by atoms with Crippen molar-refractivity contribution in [2.75, 3.05) is 0 Å². The van der Waals surface area contributed by atoms with Crippen LogP contribution >= 0.6 is 0 Å². The van der Waals surface area contributed by atoms with Crippen LogP contribution in [0.4, 0.5) is 0 Å². The number of ketones is 1. The van der Waals surface area contributed by atoms with Crippen molar-refractivity contribution >= 4 is 11.7 Å². The number of rotatable bonds is 2. The molecule has 1 saturated heterocycles. The summed E-state index contributed by atoms with van der Waals surface area (Å²) >= 11 is 0. The maximum atomic E-state index is 12.1. The van der Waals surface area contributed by atoms with Crippen LogP contribution in [0.5, 0.6) is 0 Å². The second-order valence-electron chi connectivity index (χ2n) is 5.47. The van der Waals surface area contributed by atoms with Gasteiger partial charge in [-0.2, -0.15) is 0 Å². The molecule has 1 rings (SSSR count). The average molecular weight is 224 g/mol. The molecular formula is C12H20N2O2. The predicted molar refractivity (Wildman–Crippen MR) is 63.0 cm³/mol. The minimum absolute atomic E-state index is 0.0158. The molecule has 1 atom stereocenters. The lowest BCUT2D eigenvalue weighted by atomic mass is 9.78. The molecule has 2 N–H and O–H groups in total. The van der Waals surface area contributed by atoms with E-state index in [2.05, 4.69) is 17.2 Å². The molecule has 0 aliphatic carbocycles. The second kappa shape index (κ2) is 4.01. The van der Waals surface area contributed by atoms with Gasteiger partial charge in [0.05, 0.1) is 11.6 Å². The summed E-state index contributed by atoms with van der Waals surface area (Å²) in [5.74, 6) is -0.283. The van der Waals surface area contributed by atoms with Crippen molar-refractivity contribution in [3.63, 3.8) is 0 Å². The monoisotopic (exact) mass is 224 g/mol. The van der Waals surface area contributed by atoms with Crippen LogP contribution in [-0.4, -0.2) is 28.8 Å². The number of amides is 1. The molecule has 0 bridgehead atoms. The molecule has 1 aliphatic heterocycles. The summed E-state index contributed by atoms with van der Waals surface area (Å²) in [7, 11) is 0. The van der Waals surface area contributed by atoms with E-state index in [1.54, 1.807) is 0 Å². The highest BCUT2D eigenvalue weighted by atomic mass is 16.2. The van der Waals surface area contributed by atoms with Crippen LogP contribution in [0.3, 0.4) is 0 Å². The van der Waals surface area contributed by atoms with E-state index in [1.165, 1.54) is 6.08 Å². The Morgan fingerprint density at radius 3 is 2.56 bits per heavy atom. The molecule has 1 fully saturated rings. The van der Waals surface area contributed by atoms with Gasteiger partial charge in [0.2, 0.25) is 5.91 Å². The van der Waals surface area contributed by atoms with E-state index in [0.717, 1.165) is 0 Å². The maximum absolute atomic E-state index is 12.1. The van der Waals surface area contributed by atoms with E-state index in [9.17, 15) is 9.59 Å². The topological polar surface area (TPSA) is 58.2 Å². The van der Waals surface area contributed by atoms with Gasteiger partial charge in [-0.1, -0.05) is 6.58 Å². The molecule has 0 radical (unpaired) electrons. The van der Waals surface area contributed by atoms with Gasteiger partial charge in [0.25, 0.3) is 0 Å². The summed E-state index contributed by atoms with van der Waals surface area (Å²) in [5, 5.41) is 5.96. The molecule has 0 aromatic carbocycles. The highest BCUT2D eigenvalue weighted by molar-refractivity contribution is 5.98. The van der Waals surface area contributed by atoms with Gasteiger partial charge in [0, 0.05) is 5.54 Å². The highest BCUT2D eigenvalue weighted by Crippen LogP contribution is 2.25. The van der Waals surface area contributed by atoms with Crippen LogP contribution in [0.15, 0.2) is 12.7 Å². The lowest BCUT2D eigenvalue weighted by molar-refractivity contribution is -0.133. The van der Waals surface area contributed by atoms with Gasteiger partial charge in [0.15, 0.2) is 5.78 Å². The molecule has 1 amide bonds. The van der Waals surface area contributed by atoms with E-state index in [-0.39, 0.29) is 17.2 Å². The van der Waals surface area contributed by atoms with E-state index >= 15 is 0 Å². The molecule has 0 aromatic heterocycles. The van der Waals surface area contributed by atoms with Crippen molar-refractivity contribution in [3.8, 4) is 0 Å². The van der Waals surface area contributed by atoms with E-state index < -0.39 is 11.6 Å². The van der Waals surface area contributed by atoms with Crippen LogP contribution in [-0.2, 0) is 9.59 Å². The fraction of sp³-hybridized carbons (Fsp3) is 0.667. The Morgan fingerprint density at radius 1 is 1.50 bits per heavy atom. The number of Topliss-reactive ketones (excluding diaryl/α,β-unsaturated/α-hetero) is 1. The molecule has 90 valence electrons. The van der Waals surface area contributed by atoms with Crippen molar-refractivity contribution in [2.24, 2.45) is 0 Å². The molecule has 0 spiro atoms. The van der Waals surface area contributed by atoms with Gasteiger partial charge in [-0.3, -0.25) is 9.59 Å². The lowest BCUT2D eigenvalue weighted by Gasteiger charge is -2.45. The Balaban J connectivity index is 2.87. The molecular weight excluding hydrogens is 204 g/mol. The van der Waals surface area contributed by atoms with Crippen molar-refractivity contribution in [3.05, 3.63) is 12.7 Å². The van der Waals surface area contributed by atoms with Crippen LogP contribution in [0.25, 0.3) is 0 Å². The van der Waals surface area contributed by atoms with Gasteiger partial charge in [-0.15, -0.1) is 0 Å². The van der Waals surface area contributed by atoms with Gasteiger partial charge in [0.1, 0.15) is 0 Å². The Labute approximate surface area is 96.5 Å². The Morgan fingerprint density at radius 2 is 2.06 bits per heavy atom. The second-order valence-corrected chi connectivity index (χ2v) is 5.47. The maximum Gasteiger partial charge on any atom is 0.243 e. The smallest absolute Gasteiger partial charge is 0.243 e. The SMILES string of the molecule is C=CC(=O)NC1CC(C)(C)NC(C)(C)C1=O. The fourth-order valence-electron chi connectivity index (χ4n) is 2.34. The Kier molecular flexibility index (Phi) is 3.24. The zero-order chi connectivity index (χ0) is 12.6. The molecule has 0 aromatic rings. The number of nitrogens with one attached hydrogen (secondary N) is 2. The first-order valence-electron chi connectivity index (χ1n) is 5.44. The molecule has 4 heteroatoms. The first-order chi connectivity index (χ1) is 7.18. The number of hydrogen-bond acceptors (Lipinski definition) is 3. The van der Waals surface area contributed by atoms with E-state index in [0.29, 0.717) is 6.42 Å². The quantitative estimate of drug-likeness (QED) is 0.681. The average Bonchev–Trinajstić information content (AvgIpc) is 2.11. The van der Waals surface area contributed by atoms with Gasteiger partial charge in [-0.25, -0.2) is 0 Å². The minimum Gasteiger partial charge on any atom is -0.343 e. The third kappa shape index (κ3) is 2.70. The van der Waals surface area contributed by atoms with Gasteiger partial charge in [-0.05, 0) is 40.2 Å². The normalized spacial score (nSPS) is 27.2. The number of carbonyl (C=O) groups excluding carboxylic acids is 2. The van der Waals surface area contributed by atoms with Gasteiger partial charge >= 0.3 is 0 Å². The zero-order valence-electron chi connectivity index (χ0n) is 10.4. The highest BCUT2D eigenvalue weighted by Gasteiger charge is 2.44. The summed E-state index contributed by atoms with van der Waals surface area (Å²) in [4.78, 5) is 23.3. The molecule has 1 aliphatic rings. The van der Waals surface area contributed by atoms with Crippen LogP contribution in [0.2, 0.25) is 0 Å². The summed E-state index contributed by atoms with van der Waals surface area (Å²) in [6.07, 6.45) is 1.78. The molecule has 4 nitrogen and oxygen atoms in total. The predicted octanol–water partition coefficient (Wildman–Crippen LogP) is 0.777.